The van der Waals surface area contributed by atoms with Crippen molar-refractivity contribution in [3.8, 4) is 11.5 Å². The summed E-state index contributed by atoms with van der Waals surface area (Å²) in [6.07, 6.45) is 1.70. The highest BCUT2D eigenvalue weighted by Gasteiger charge is 2.14. The van der Waals surface area contributed by atoms with Gasteiger partial charge in [-0.1, -0.05) is 0 Å². The maximum atomic E-state index is 12.3. The molecule has 1 aromatic carbocycles. The molecule has 1 heterocycles. The smallest absolute Gasteiger partial charge is 0.259 e. The molecule has 0 saturated carbocycles. The predicted molar refractivity (Wildman–Crippen MR) is 84.7 cm³/mol. The third-order valence-corrected chi connectivity index (χ3v) is 3.06. The lowest BCUT2D eigenvalue weighted by molar-refractivity contribution is 0.102. The molecule has 22 heavy (non-hydrogen) atoms. The van der Waals surface area contributed by atoms with Crippen molar-refractivity contribution >= 4 is 11.6 Å². The monoisotopic (exact) mass is 303 g/mol. The summed E-state index contributed by atoms with van der Waals surface area (Å²) in [4.78, 5) is 12.3. The Morgan fingerprint density at radius 3 is 2.50 bits per heavy atom. The number of carbonyl (C=O) groups excluding carboxylic acids is 1. The summed E-state index contributed by atoms with van der Waals surface area (Å²) in [5.41, 5.74) is 1.89. The van der Waals surface area contributed by atoms with Gasteiger partial charge in [-0.05, 0) is 32.9 Å². The van der Waals surface area contributed by atoms with Crippen LogP contribution in [0.3, 0.4) is 0 Å². The van der Waals surface area contributed by atoms with Crippen LogP contribution in [0.25, 0.3) is 0 Å². The van der Waals surface area contributed by atoms with E-state index in [1.165, 1.54) is 0 Å². The highest BCUT2D eigenvalue weighted by atomic mass is 16.5. The summed E-state index contributed by atoms with van der Waals surface area (Å²) < 4.78 is 12.7. The van der Waals surface area contributed by atoms with Crippen LogP contribution in [0.15, 0.2) is 24.4 Å². The Bertz CT molecular complexity index is 665. The summed E-state index contributed by atoms with van der Waals surface area (Å²) in [5, 5.41) is 7.02. The molecule has 1 amide bonds. The van der Waals surface area contributed by atoms with Gasteiger partial charge in [-0.2, -0.15) is 5.10 Å². The second-order valence-corrected chi connectivity index (χ2v) is 4.78. The van der Waals surface area contributed by atoms with Crippen molar-refractivity contribution in [2.75, 3.05) is 18.5 Å². The molecule has 0 unspecified atom stereocenters. The Balaban J connectivity index is 2.20. The van der Waals surface area contributed by atoms with Gasteiger partial charge in [-0.15, -0.1) is 0 Å². The van der Waals surface area contributed by atoms with E-state index in [1.54, 1.807) is 43.0 Å². The summed E-state index contributed by atoms with van der Waals surface area (Å²) in [6, 6.07) is 5.34. The van der Waals surface area contributed by atoms with E-state index in [9.17, 15) is 4.79 Å². The number of aromatic nitrogens is 2. The fourth-order valence-electron chi connectivity index (χ4n) is 2.15. The summed E-state index contributed by atoms with van der Waals surface area (Å²) in [5.74, 6) is 1.09. The Morgan fingerprint density at radius 1 is 1.23 bits per heavy atom. The standard InChI is InChI=1S/C16H21N3O3/c1-5-21-14-8-7-12(9-15(14)22-6-2)17-16(20)13-10-19(4)18-11(13)3/h7-10H,5-6H2,1-4H3,(H,17,20). The first-order valence-electron chi connectivity index (χ1n) is 7.26. The number of carbonyl (C=O) groups is 1. The third kappa shape index (κ3) is 3.58. The maximum Gasteiger partial charge on any atom is 0.259 e. The van der Waals surface area contributed by atoms with Crippen molar-refractivity contribution in [3.63, 3.8) is 0 Å². The quantitative estimate of drug-likeness (QED) is 0.891. The lowest BCUT2D eigenvalue weighted by Crippen LogP contribution is -2.12. The molecular formula is C16H21N3O3. The topological polar surface area (TPSA) is 65.4 Å². The number of nitrogens with one attached hydrogen (secondary N) is 1. The molecule has 1 aromatic heterocycles. The van der Waals surface area contributed by atoms with Gasteiger partial charge >= 0.3 is 0 Å². The molecule has 0 spiro atoms. The van der Waals surface area contributed by atoms with Crippen molar-refractivity contribution in [1.29, 1.82) is 0 Å². The average Bonchev–Trinajstić information content (AvgIpc) is 2.81. The van der Waals surface area contributed by atoms with Crippen molar-refractivity contribution in [3.05, 3.63) is 35.7 Å². The van der Waals surface area contributed by atoms with Crippen molar-refractivity contribution in [2.45, 2.75) is 20.8 Å². The number of hydrogen-bond donors (Lipinski definition) is 1. The molecule has 118 valence electrons. The molecule has 6 heteroatoms. The minimum Gasteiger partial charge on any atom is -0.490 e. The van der Waals surface area contributed by atoms with Crippen LogP contribution < -0.4 is 14.8 Å². The highest BCUT2D eigenvalue weighted by molar-refractivity contribution is 6.05. The number of anilines is 1. The van der Waals surface area contributed by atoms with E-state index < -0.39 is 0 Å². The van der Waals surface area contributed by atoms with E-state index in [2.05, 4.69) is 10.4 Å². The molecule has 0 saturated heterocycles. The molecule has 0 radical (unpaired) electrons. The second-order valence-electron chi connectivity index (χ2n) is 4.78. The van der Waals surface area contributed by atoms with Gasteiger partial charge in [0.25, 0.3) is 5.91 Å². The second kappa shape index (κ2) is 6.98. The number of nitrogens with zero attached hydrogens (tertiary/aromatic N) is 2. The van der Waals surface area contributed by atoms with Gasteiger partial charge in [-0.25, -0.2) is 0 Å². The van der Waals surface area contributed by atoms with Gasteiger partial charge in [0, 0.05) is 25.0 Å². The first kappa shape index (κ1) is 15.9. The lowest BCUT2D eigenvalue weighted by atomic mass is 10.2. The first-order valence-corrected chi connectivity index (χ1v) is 7.26. The maximum absolute atomic E-state index is 12.3. The zero-order valence-electron chi connectivity index (χ0n) is 13.3. The van der Waals surface area contributed by atoms with E-state index in [4.69, 9.17) is 9.47 Å². The summed E-state index contributed by atoms with van der Waals surface area (Å²) in [6.45, 7) is 6.70. The number of ether oxygens (including phenoxy) is 2. The van der Waals surface area contributed by atoms with Gasteiger partial charge in [0.15, 0.2) is 11.5 Å². The Hall–Kier alpha value is -2.50. The number of rotatable bonds is 6. The van der Waals surface area contributed by atoms with Crippen LogP contribution in [-0.2, 0) is 7.05 Å². The SMILES string of the molecule is CCOc1ccc(NC(=O)c2cn(C)nc2C)cc1OCC. The summed E-state index contributed by atoms with van der Waals surface area (Å²) in [7, 11) is 1.79. The van der Waals surface area contributed by atoms with Crippen LogP contribution in [0.5, 0.6) is 11.5 Å². The van der Waals surface area contributed by atoms with Gasteiger partial charge in [0.2, 0.25) is 0 Å². The van der Waals surface area contributed by atoms with Crippen LogP contribution >= 0.6 is 0 Å². The van der Waals surface area contributed by atoms with Crippen molar-refractivity contribution < 1.29 is 14.3 Å². The number of amides is 1. The minimum atomic E-state index is -0.197. The van der Waals surface area contributed by atoms with Crippen molar-refractivity contribution in [2.24, 2.45) is 7.05 Å². The number of benzene rings is 1. The molecular weight excluding hydrogens is 282 g/mol. The highest BCUT2D eigenvalue weighted by Crippen LogP contribution is 2.30. The molecule has 2 rings (SSSR count). The van der Waals surface area contributed by atoms with Crippen LogP contribution in [-0.4, -0.2) is 28.9 Å². The van der Waals surface area contributed by atoms with Crippen LogP contribution in [0.2, 0.25) is 0 Å². The first-order chi connectivity index (χ1) is 10.5. The Morgan fingerprint density at radius 2 is 1.91 bits per heavy atom. The van der Waals surface area contributed by atoms with Crippen LogP contribution in [0.1, 0.15) is 29.9 Å². The minimum absolute atomic E-state index is 0.197. The fourth-order valence-corrected chi connectivity index (χ4v) is 2.15. The molecule has 2 aromatic rings. The number of aryl methyl sites for hydroxylation is 2. The van der Waals surface area contributed by atoms with E-state index in [0.29, 0.717) is 41.7 Å². The van der Waals surface area contributed by atoms with Gasteiger partial charge in [0.05, 0.1) is 24.5 Å². The van der Waals surface area contributed by atoms with E-state index in [1.807, 2.05) is 13.8 Å². The number of hydrogen-bond acceptors (Lipinski definition) is 4. The Kier molecular flexibility index (Phi) is 5.04. The summed E-state index contributed by atoms with van der Waals surface area (Å²) >= 11 is 0. The molecule has 0 aliphatic heterocycles. The third-order valence-electron chi connectivity index (χ3n) is 3.06. The normalized spacial score (nSPS) is 10.4. The molecule has 0 aliphatic rings. The zero-order chi connectivity index (χ0) is 16.1. The molecule has 0 bridgehead atoms. The van der Waals surface area contributed by atoms with Crippen LogP contribution in [0, 0.1) is 6.92 Å². The molecule has 0 atom stereocenters. The van der Waals surface area contributed by atoms with E-state index >= 15 is 0 Å². The largest absolute Gasteiger partial charge is 0.490 e. The molecule has 1 N–H and O–H groups in total. The van der Waals surface area contributed by atoms with Crippen molar-refractivity contribution in [1.82, 2.24) is 9.78 Å². The van der Waals surface area contributed by atoms with E-state index in [-0.39, 0.29) is 5.91 Å². The van der Waals surface area contributed by atoms with E-state index in [0.717, 1.165) is 0 Å². The predicted octanol–water partition coefficient (Wildman–Crippen LogP) is 2.78. The molecule has 6 nitrogen and oxygen atoms in total. The van der Waals surface area contributed by atoms with Gasteiger partial charge < -0.3 is 14.8 Å². The zero-order valence-corrected chi connectivity index (χ0v) is 13.3. The van der Waals surface area contributed by atoms with Gasteiger partial charge in [-0.3, -0.25) is 9.48 Å². The molecule has 0 aliphatic carbocycles. The molecule has 0 fully saturated rings. The van der Waals surface area contributed by atoms with Crippen LogP contribution in [0.4, 0.5) is 5.69 Å². The lowest BCUT2D eigenvalue weighted by Gasteiger charge is -2.12. The van der Waals surface area contributed by atoms with Gasteiger partial charge in [0.1, 0.15) is 0 Å². The average molecular weight is 303 g/mol. The Labute approximate surface area is 130 Å². The fraction of sp³-hybridized carbons (Fsp3) is 0.375.